The van der Waals surface area contributed by atoms with E-state index in [0.717, 1.165) is 30.0 Å². The molecule has 0 radical (unpaired) electrons. The van der Waals surface area contributed by atoms with Gasteiger partial charge in [-0.05, 0) is 49.4 Å². The molecule has 1 aromatic carbocycles. The van der Waals surface area contributed by atoms with E-state index < -0.39 is 0 Å². The molecule has 1 aliphatic carbocycles. The van der Waals surface area contributed by atoms with Crippen LogP contribution in [-0.2, 0) is 0 Å². The normalized spacial score (nSPS) is 13.5. The molecule has 0 spiro atoms. The van der Waals surface area contributed by atoms with Gasteiger partial charge in [0.25, 0.3) is 5.91 Å². The number of hydrogen-bond acceptors (Lipinski definition) is 2. The first-order valence-corrected chi connectivity index (χ1v) is 7.18. The van der Waals surface area contributed by atoms with Gasteiger partial charge in [0, 0.05) is 17.7 Å². The smallest absolute Gasteiger partial charge is 0.251 e. The van der Waals surface area contributed by atoms with E-state index in [9.17, 15) is 4.79 Å². The first-order chi connectivity index (χ1) is 9.69. The third-order valence-corrected chi connectivity index (χ3v) is 3.42. The molecule has 3 heteroatoms. The van der Waals surface area contributed by atoms with Crippen molar-refractivity contribution in [3.8, 4) is 11.8 Å². The van der Waals surface area contributed by atoms with Gasteiger partial charge in [-0.3, -0.25) is 4.79 Å². The van der Waals surface area contributed by atoms with Crippen molar-refractivity contribution in [2.24, 2.45) is 5.92 Å². The second-order valence-corrected chi connectivity index (χ2v) is 5.39. The summed E-state index contributed by atoms with van der Waals surface area (Å²) in [5.74, 6) is 6.31. The molecule has 1 aromatic rings. The molecule has 0 bridgehead atoms. The molecule has 3 nitrogen and oxygen atoms in total. The number of amides is 1. The van der Waals surface area contributed by atoms with E-state index in [-0.39, 0.29) is 12.5 Å². The molecule has 1 amide bonds. The molecule has 0 saturated heterocycles. The highest BCUT2D eigenvalue weighted by Gasteiger charge is 2.20. The minimum atomic E-state index is -0.170. The summed E-state index contributed by atoms with van der Waals surface area (Å²) in [5, 5.41) is 11.7. The van der Waals surface area contributed by atoms with Gasteiger partial charge in [0.15, 0.2) is 0 Å². The zero-order chi connectivity index (χ0) is 14.4. The lowest BCUT2D eigenvalue weighted by molar-refractivity contribution is 0.0952. The van der Waals surface area contributed by atoms with Gasteiger partial charge in [0.2, 0.25) is 0 Å². The zero-order valence-electron chi connectivity index (χ0n) is 11.9. The molecule has 0 aliphatic heterocycles. The number of aliphatic hydroxyl groups is 1. The molecule has 20 heavy (non-hydrogen) atoms. The number of aryl methyl sites for hydroxylation is 1. The Hall–Kier alpha value is -1.79. The van der Waals surface area contributed by atoms with Crippen LogP contribution in [0.1, 0.15) is 47.2 Å². The third-order valence-electron chi connectivity index (χ3n) is 3.42. The second-order valence-electron chi connectivity index (χ2n) is 5.39. The van der Waals surface area contributed by atoms with Crippen LogP contribution < -0.4 is 5.32 Å². The van der Waals surface area contributed by atoms with E-state index in [1.54, 1.807) is 6.07 Å². The van der Waals surface area contributed by atoms with Crippen molar-refractivity contribution in [3.05, 3.63) is 34.9 Å². The van der Waals surface area contributed by atoms with Crippen LogP contribution in [0, 0.1) is 24.7 Å². The van der Waals surface area contributed by atoms with E-state index in [4.69, 9.17) is 5.11 Å². The molecule has 0 heterocycles. The van der Waals surface area contributed by atoms with Gasteiger partial charge in [-0.1, -0.05) is 24.7 Å². The lowest BCUT2D eigenvalue weighted by Gasteiger charge is -2.06. The maximum atomic E-state index is 12.1. The standard InChI is InChI=1S/C17H21NO2/c1-13-10-15(5-3-9-19)12-16(11-13)17(20)18-8-2-4-14-6-7-14/h10-12,14,19H,2,4,6-9H2,1H3,(H,18,20). The Kier molecular flexibility index (Phi) is 5.20. The fourth-order valence-electron chi connectivity index (χ4n) is 2.23. The van der Waals surface area contributed by atoms with Crippen LogP contribution in [0.2, 0.25) is 0 Å². The number of carbonyl (C=O) groups is 1. The van der Waals surface area contributed by atoms with Crippen molar-refractivity contribution in [1.29, 1.82) is 0 Å². The van der Waals surface area contributed by atoms with Crippen molar-refractivity contribution in [2.75, 3.05) is 13.2 Å². The molecule has 0 aromatic heterocycles. The monoisotopic (exact) mass is 271 g/mol. The average molecular weight is 271 g/mol. The topological polar surface area (TPSA) is 49.3 Å². The first-order valence-electron chi connectivity index (χ1n) is 7.18. The minimum Gasteiger partial charge on any atom is -0.384 e. The summed E-state index contributed by atoms with van der Waals surface area (Å²) in [6, 6.07) is 5.54. The zero-order valence-corrected chi connectivity index (χ0v) is 11.9. The molecule has 2 rings (SSSR count). The Morgan fingerprint density at radius 2 is 2.20 bits per heavy atom. The molecule has 0 atom stereocenters. The average Bonchev–Trinajstić information content (AvgIpc) is 3.24. The van der Waals surface area contributed by atoms with E-state index in [2.05, 4.69) is 17.2 Å². The van der Waals surface area contributed by atoms with Crippen LogP contribution in [0.25, 0.3) is 0 Å². The number of nitrogens with one attached hydrogen (secondary N) is 1. The SMILES string of the molecule is Cc1cc(C#CCO)cc(C(=O)NCCCC2CC2)c1. The third kappa shape index (κ3) is 4.71. The summed E-state index contributed by atoms with van der Waals surface area (Å²) >= 11 is 0. The number of aliphatic hydroxyl groups excluding tert-OH is 1. The summed E-state index contributed by atoms with van der Waals surface area (Å²) < 4.78 is 0. The van der Waals surface area contributed by atoms with Crippen molar-refractivity contribution in [2.45, 2.75) is 32.6 Å². The summed E-state index contributed by atoms with van der Waals surface area (Å²) in [6.07, 6.45) is 5.00. The van der Waals surface area contributed by atoms with E-state index >= 15 is 0 Å². The first kappa shape index (κ1) is 14.6. The molecule has 1 aliphatic rings. The van der Waals surface area contributed by atoms with E-state index in [0.29, 0.717) is 5.56 Å². The van der Waals surface area contributed by atoms with Crippen molar-refractivity contribution in [3.63, 3.8) is 0 Å². The van der Waals surface area contributed by atoms with Gasteiger partial charge in [0.1, 0.15) is 6.61 Å². The Balaban J connectivity index is 1.91. The number of rotatable bonds is 5. The van der Waals surface area contributed by atoms with Gasteiger partial charge >= 0.3 is 0 Å². The van der Waals surface area contributed by atoms with Gasteiger partial charge in [-0.25, -0.2) is 0 Å². The highest BCUT2D eigenvalue weighted by atomic mass is 16.2. The fourth-order valence-corrected chi connectivity index (χ4v) is 2.23. The number of benzene rings is 1. The lowest BCUT2D eigenvalue weighted by Crippen LogP contribution is -2.24. The maximum absolute atomic E-state index is 12.1. The van der Waals surface area contributed by atoms with Gasteiger partial charge in [0.05, 0.1) is 0 Å². The lowest BCUT2D eigenvalue weighted by atomic mass is 10.1. The van der Waals surface area contributed by atoms with Crippen LogP contribution in [0.3, 0.4) is 0 Å². The molecule has 2 N–H and O–H groups in total. The van der Waals surface area contributed by atoms with Crippen molar-refractivity contribution in [1.82, 2.24) is 5.32 Å². The Morgan fingerprint density at radius 3 is 2.90 bits per heavy atom. The molecular weight excluding hydrogens is 250 g/mol. The van der Waals surface area contributed by atoms with Crippen LogP contribution in [0.5, 0.6) is 0 Å². The van der Waals surface area contributed by atoms with Crippen molar-refractivity contribution < 1.29 is 9.90 Å². The van der Waals surface area contributed by atoms with Gasteiger partial charge in [-0.2, -0.15) is 0 Å². The Bertz CT molecular complexity index is 536. The maximum Gasteiger partial charge on any atom is 0.251 e. The number of hydrogen-bond donors (Lipinski definition) is 2. The quantitative estimate of drug-likeness (QED) is 0.637. The molecule has 1 fully saturated rings. The predicted molar refractivity (Wildman–Crippen MR) is 79.4 cm³/mol. The van der Waals surface area contributed by atoms with Gasteiger partial charge < -0.3 is 10.4 Å². The Morgan fingerprint density at radius 1 is 1.40 bits per heavy atom. The highest BCUT2D eigenvalue weighted by molar-refractivity contribution is 5.94. The summed E-state index contributed by atoms with van der Waals surface area (Å²) in [7, 11) is 0. The largest absolute Gasteiger partial charge is 0.384 e. The summed E-state index contributed by atoms with van der Waals surface area (Å²) in [5.41, 5.74) is 2.40. The summed E-state index contributed by atoms with van der Waals surface area (Å²) in [6.45, 7) is 2.51. The Labute approximate surface area is 120 Å². The predicted octanol–water partition coefficient (Wildman–Crippen LogP) is 2.26. The van der Waals surface area contributed by atoms with E-state index in [1.807, 2.05) is 19.1 Å². The fraction of sp³-hybridized carbons (Fsp3) is 0.471. The number of carbonyl (C=O) groups excluding carboxylic acids is 1. The van der Waals surface area contributed by atoms with Crippen LogP contribution in [0.15, 0.2) is 18.2 Å². The van der Waals surface area contributed by atoms with E-state index in [1.165, 1.54) is 19.3 Å². The highest BCUT2D eigenvalue weighted by Crippen LogP contribution is 2.33. The van der Waals surface area contributed by atoms with Crippen LogP contribution >= 0.6 is 0 Å². The van der Waals surface area contributed by atoms with Gasteiger partial charge in [-0.15, -0.1) is 0 Å². The molecular formula is C17H21NO2. The molecule has 1 saturated carbocycles. The van der Waals surface area contributed by atoms with Crippen LogP contribution in [0.4, 0.5) is 0 Å². The molecule has 106 valence electrons. The summed E-state index contributed by atoms with van der Waals surface area (Å²) in [4.78, 5) is 12.1. The van der Waals surface area contributed by atoms with Crippen LogP contribution in [-0.4, -0.2) is 24.2 Å². The molecule has 0 unspecified atom stereocenters. The second kappa shape index (κ2) is 7.12. The van der Waals surface area contributed by atoms with Crippen molar-refractivity contribution >= 4 is 5.91 Å². The minimum absolute atomic E-state index is 0.0449.